The average Bonchev–Trinajstić information content (AvgIpc) is 2.68. The molecule has 2 saturated heterocycles. The van der Waals surface area contributed by atoms with Gasteiger partial charge in [-0.25, -0.2) is 4.39 Å². The van der Waals surface area contributed by atoms with E-state index >= 15 is 0 Å². The summed E-state index contributed by atoms with van der Waals surface area (Å²) in [6, 6.07) is 5.12. The van der Waals surface area contributed by atoms with Crippen molar-refractivity contribution in [2.45, 2.75) is 44.2 Å². The van der Waals surface area contributed by atoms with Crippen molar-refractivity contribution in [1.82, 2.24) is 4.90 Å². The second-order valence-electron chi connectivity index (χ2n) is 5.74. The first-order valence-electron chi connectivity index (χ1n) is 6.84. The quantitative estimate of drug-likeness (QED) is 0.827. The number of benzene rings is 1. The summed E-state index contributed by atoms with van der Waals surface area (Å²) >= 11 is 0. The maximum absolute atomic E-state index is 13.6. The number of hydrogen-bond acceptors (Lipinski definition) is 2. The summed E-state index contributed by atoms with van der Waals surface area (Å²) in [5.74, 6) is -0.243. The van der Waals surface area contributed by atoms with E-state index in [1.807, 2.05) is 13.0 Å². The molecule has 0 aromatic heterocycles. The highest BCUT2D eigenvalue weighted by molar-refractivity contribution is 5.31. The number of piperidine rings is 1. The summed E-state index contributed by atoms with van der Waals surface area (Å²) in [7, 11) is 0. The number of aryl methyl sites for hydroxylation is 1. The number of fused-ring (bicyclic) bond motifs is 1. The molecule has 1 N–H and O–H groups in total. The van der Waals surface area contributed by atoms with Gasteiger partial charge in [-0.3, -0.25) is 4.90 Å². The molecule has 2 heterocycles. The predicted octanol–water partition coefficient (Wildman–Crippen LogP) is 2.58. The molecule has 0 aliphatic carbocycles. The normalized spacial score (nSPS) is 32.5. The summed E-state index contributed by atoms with van der Waals surface area (Å²) in [5, 5.41) is 11.0. The number of nitrogens with zero attached hydrogens (tertiary/aromatic N) is 1. The molecule has 0 spiro atoms. The smallest absolute Gasteiger partial charge is 0.123 e. The van der Waals surface area contributed by atoms with Crippen molar-refractivity contribution in [1.29, 1.82) is 0 Å². The summed E-state index contributed by atoms with van der Waals surface area (Å²) < 4.78 is 13.6. The van der Waals surface area contributed by atoms with Gasteiger partial charge in [0, 0.05) is 12.6 Å². The fourth-order valence-corrected chi connectivity index (χ4v) is 3.60. The first kappa shape index (κ1) is 12.1. The molecule has 2 unspecified atom stereocenters. The molecule has 2 nitrogen and oxygen atoms in total. The van der Waals surface area contributed by atoms with Crippen LogP contribution < -0.4 is 0 Å². The van der Waals surface area contributed by atoms with Gasteiger partial charge in [0.15, 0.2) is 0 Å². The molecule has 18 heavy (non-hydrogen) atoms. The van der Waals surface area contributed by atoms with Crippen LogP contribution in [0.25, 0.3) is 0 Å². The molecule has 3 heteroatoms. The van der Waals surface area contributed by atoms with E-state index in [2.05, 4.69) is 4.90 Å². The minimum Gasteiger partial charge on any atom is -0.383 e. The van der Waals surface area contributed by atoms with Gasteiger partial charge in [-0.2, -0.15) is 0 Å². The van der Waals surface area contributed by atoms with Gasteiger partial charge in [0.05, 0.1) is 0 Å². The summed E-state index contributed by atoms with van der Waals surface area (Å²) in [5.41, 5.74) is 0.787. The van der Waals surface area contributed by atoms with Crippen molar-refractivity contribution in [3.8, 4) is 0 Å². The zero-order chi connectivity index (χ0) is 12.8. The number of rotatable bonds is 1. The predicted molar refractivity (Wildman–Crippen MR) is 68.9 cm³/mol. The zero-order valence-corrected chi connectivity index (χ0v) is 10.8. The largest absolute Gasteiger partial charge is 0.383 e. The Morgan fingerprint density at radius 2 is 2.11 bits per heavy atom. The van der Waals surface area contributed by atoms with Crippen molar-refractivity contribution in [2.24, 2.45) is 0 Å². The van der Waals surface area contributed by atoms with Crippen molar-refractivity contribution < 1.29 is 9.50 Å². The topological polar surface area (TPSA) is 23.5 Å². The van der Waals surface area contributed by atoms with E-state index in [4.69, 9.17) is 0 Å². The van der Waals surface area contributed by atoms with Gasteiger partial charge in [0.25, 0.3) is 0 Å². The van der Waals surface area contributed by atoms with Crippen molar-refractivity contribution in [2.75, 3.05) is 13.1 Å². The minimum absolute atomic E-state index is 0.174. The molecule has 3 rings (SSSR count). The second-order valence-corrected chi connectivity index (χ2v) is 5.74. The van der Waals surface area contributed by atoms with Crippen LogP contribution in [0.3, 0.4) is 0 Å². The molecule has 98 valence electrons. The van der Waals surface area contributed by atoms with Gasteiger partial charge >= 0.3 is 0 Å². The van der Waals surface area contributed by atoms with Crippen molar-refractivity contribution in [3.63, 3.8) is 0 Å². The maximum atomic E-state index is 13.6. The van der Waals surface area contributed by atoms with E-state index in [1.165, 1.54) is 18.6 Å². The van der Waals surface area contributed by atoms with E-state index in [0.717, 1.165) is 43.5 Å². The standard InChI is InChI=1S/C15H20FNO/c1-11-8-12(10-13(16)9-11)15(18)5-7-17-6-3-2-4-14(15)17/h8-10,14,18H,2-7H2,1H3. The Morgan fingerprint density at radius 1 is 1.28 bits per heavy atom. The molecule has 0 bridgehead atoms. The maximum Gasteiger partial charge on any atom is 0.123 e. The van der Waals surface area contributed by atoms with E-state index < -0.39 is 5.60 Å². The van der Waals surface area contributed by atoms with Crippen LogP contribution in [-0.4, -0.2) is 29.1 Å². The minimum atomic E-state index is -0.854. The van der Waals surface area contributed by atoms with Crippen LogP contribution in [0.5, 0.6) is 0 Å². The molecule has 1 aromatic rings. The zero-order valence-electron chi connectivity index (χ0n) is 10.8. The Kier molecular flexibility index (Phi) is 2.91. The molecule has 2 aliphatic rings. The van der Waals surface area contributed by atoms with Crippen LogP contribution in [0.15, 0.2) is 18.2 Å². The third-order valence-electron chi connectivity index (χ3n) is 4.49. The Morgan fingerprint density at radius 3 is 2.89 bits per heavy atom. The third kappa shape index (κ3) is 1.86. The molecule has 2 fully saturated rings. The lowest BCUT2D eigenvalue weighted by Gasteiger charge is -2.37. The lowest BCUT2D eigenvalue weighted by atomic mass is 9.82. The molecule has 0 radical (unpaired) electrons. The molecular weight excluding hydrogens is 229 g/mol. The molecule has 2 aliphatic heterocycles. The Bertz CT molecular complexity index is 442. The average molecular weight is 249 g/mol. The summed E-state index contributed by atoms with van der Waals surface area (Å²) in [6.07, 6.45) is 4.12. The summed E-state index contributed by atoms with van der Waals surface area (Å²) in [6.45, 7) is 3.88. The first-order valence-corrected chi connectivity index (χ1v) is 6.84. The van der Waals surface area contributed by atoms with E-state index in [1.54, 1.807) is 0 Å². The molecule has 2 atom stereocenters. The lowest BCUT2D eigenvalue weighted by molar-refractivity contribution is -0.0140. The van der Waals surface area contributed by atoms with Crippen LogP contribution in [-0.2, 0) is 5.60 Å². The Labute approximate surface area is 107 Å². The third-order valence-corrected chi connectivity index (χ3v) is 4.49. The van der Waals surface area contributed by atoms with Gasteiger partial charge in [0.1, 0.15) is 11.4 Å². The molecule has 0 amide bonds. The van der Waals surface area contributed by atoms with Crippen LogP contribution in [0.2, 0.25) is 0 Å². The second kappa shape index (κ2) is 4.32. The molecule has 0 saturated carbocycles. The van der Waals surface area contributed by atoms with Crippen LogP contribution in [0.1, 0.15) is 36.8 Å². The highest BCUT2D eigenvalue weighted by atomic mass is 19.1. The van der Waals surface area contributed by atoms with Gasteiger partial charge in [-0.1, -0.05) is 12.5 Å². The van der Waals surface area contributed by atoms with Crippen LogP contribution in [0, 0.1) is 12.7 Å². The number of aliphatic hydroxyl groups is 1. The Balaban J connectivity index is 1.98. The highest BCUT2D eigenvalue weighted by Gasteiger charge is 2.47. The van der Waals surface area contributed by atoms with Crippen molar-refractivity contribution in [3.05, 3.63) is 35.1 Å². The van der Waals surface area contributed by atoms with Gasteiger partial charge in [-0.05, 0) is 56.0 Å². The monoisotopic (exact) mass is 249 g/mol. The summed E-state index contributed by atoms with van der Waals surface area (Å²) in [4.78, 5) is 2.36. The van der Waals surface area contributed by atoms with Crippen LogP contribution >= 0.6 is 0 Å². The fraction of sp³-hybridized carbons (Fsp3) is 0.600. The lowest BCUT2D eigenvalue weighted by Crippen LogP contribution is -2.45. The molecule has 1 aromatic carbocycles. The van der Waals surface area contributed by atoms with Gasteiger partial charge in [0.2, 0.25) is 0 Å². The van der Waals surface area contributed by atoms with E-state index in [-0.39, 0.29) is 11.9 Å². The SMILES string of the molecule is Cc1cc(F)cc(C2(O)CCN3CCCCC32)c1. The number of hydrogen-bond donors (Lipinski definition) is 1. The number of halogens is 1. The first-order chi connectivity index (χ1) is 8.59. The van der Waals surface area contributed by atoms with Crippen molar-refractivity contribution >= 4 is 0 Å². The Hall–Kier alpha value is -0.930. The van der Waals surface area contributed by atoms with E-state index in [0.29, 0.717) is 0 Å². The van der Waals surface area contributed by atoms with Gasteiger partial charge in [-0.15, -0.1) is 0 Å². The van der Waals surface area contributed by atoms with Crippen LogP contribution in [0.4, 0.5) is 4.39 Å². The van der Waals surface area contributed by atoms with Gasteiger partial charge < -0.3 is 5.11 Å². The van der Waals surface area contributed by atoms with E-state index in [9.17, 15) is 9.50 Å². The molecular formula is C15H20FNO. The highest BCUT2D eigenvalue weighted by Crippen LogP contribution is 2.42. The fourth-order valence-electron chi connectivity index (χ4n) is 3.60.